The lowest BCUT2D eigenvalue weighted by Crippen LogP contribution is -2.32. The first-order chi connectivity index (χ1) is 7.89. The van der Waals surface area contributed by atoms with Gasteiger partial charge in [-0.3, -0.25) is 4.98 Å². The second-order valence-electron chi connectivity index (χ2n) is 4.87. The fourth-order valence-corrected chi connectivity index (χ4v) is 1.77. The maximum absolute atomic E-state index is 9.14. The van der Waals surface area contributed by atoms with Crippen molar-refractivity contribution in [2.24, 2.45) is 0 Å². The minimum absolute atomic E-state index is 0.116. The topological polar surface area (TPSA) is 68.9 Å². The number of anilines is 1. The molecule has 1 aromatic heterocycles. The molecule has 17 heavy (non-hydrogen) atoms. The van der Waals surface area contributed by atoms with Crippen molar-refractivity contribution < 1.29 is 5.11 Å². The van der Waals surface area contributed by atoms with Gasteiger partial charge >= 0.3 is 0 Å². The molecule has 0 saturated heterocycles. The van der Waals surface area contributed by atoms with E-state index in [1.54, 1.807) is 0 Å². The van der Waals surface area contributed by atoms with Crippen molar-refractivity contribution in [1.82, 2.24) is 4.98 Å². The van der Waals surface area contributed by atoms with Gasteiger partial charge in [-0.25, -0.2) is 0 Å². The van der Waals surface area contributed by atoms with Gasteiger partial charge in [-0.05, 0) is 40.2 Å². The van der Waals surface area contributed by atoms with E-state index in [0.717, 1.165) is 17.1 Å². The van der Waals surface area contributed by atoms with Crippen LogP contribution < -0.4 is 5.32 Å². The fourth-order valence-electron chi connectivity index (χ4n) is 1.77. The van der Waals surface area contributed by atoms with Crippen molar-refractivity contribution in [3.63, 3.8) is 0 Å². The Bertz CT molecular complexity index is 447. The fraction of sp³-hybridized carbons (Fsp3) is 0.538. The minimum Gasteiger partial charge on any atom is -0.396 e. The second-order valence-corrected chi connectivity index (χ2v) is 4.87. The van der Waals surface area contributed by atoms with Crippen LogP contribution in [0.4, 0.5) is 5.69 Å². The minimum atomic E-state index is -0.249. The average Bonchev–Trinajstić information content (AvgIpc) is 2.15. The third kappa shape index (κ3) is 3.43. The summed E-state index contributed by atoms with van der Waals surface area (Å²) in [6, 6.07) is 4.03. The van der Waals surface area contributed by atoms with Gasteiger partial charge in [0.2, 0.25) is 0 Å². The number of aliphatic hydroxyl groups excluding tert-OH is 1. The van der Waals surface area contributed by atoms with Crippen molar-refractivity contribution in [3.8, 4) is 6.07 Å². The van der Waals surface area contributed by atoms with Gasteiger partial charge in [-0.2, -0.15) is 5.26 Å². The highest BCUT2D eigenvalue weighted by Crippen LogP contribution is 2.23. The van der Waals surface area contributed by atoms with E-state index in [-0.39, 0.29) is 12.1 Å². The monoisotopic (exact) mass is 233 g/mol. The lowest BCUT2D eigenvalue weighted by atomic mass is 9.99. The molecule has 0 radical (unpaired) electrons. The Labute approximate surface area is 102 Å². The van der Waals surface area contributed by atoms with E-state index in [9.17, 15) is 0 Å². The first kappa shape index (κ1) is 13.5. The Morgan fingerprint density at radius 2 is 2.12 bits per heavy atom. The highest BCUT2D eigenvalue weighted by molar-refractivity contribution is 5.60. The summed E-state index contributed by atoms with van der Waals surface area (Å²) in [4.78, 5) is 4.27. The van der Waals surface area contributed by atoms with Crippen LogP contribution in [0.5, 0.6) is 0 Å². The molecule has 1 aromatic rings. The molecule has 4 heteroatoms. The molecule has 0 aliphatic carbocycles. The highest BCUT2D eigenvalue weighted by Gasteiger charge is 2.19. The zero-order chi connectivity index (χ0) is 13.1. The predicted molar refractivity (Wildman–Crippen MR) is 67.8 cm³/mol. The molecule has 0 fully saturated rings. The summed E-state index contributed by atoms with van der Waals surface area (Å²) in [5.41, 5.74) is 2.72. The summed E-state index contributed by atoms with van der Waals surface area (Å²) in [6.45, 7) is 7.84. The van der Waals surface area contributed by atoms with Crippen LogP contribution in [0.3, 0.4) is 0 Å². The molecule has 2 N–H and O–H groups in total. The molecule has 0 aromatic carbocycles. The lowest BCUT2D eigenvalue weighted by molar-refractivity contribution is 0.261. The van der Waals surface area contributed by atoms with Gasteiger partial charge in [-0.15, -0.1) is 0 Å². The van der Waals surface area contributed by atoms with Gasteiger partial charge < -0.3 is 10.4 Å². The maximum Gasteiger partial charge on any atom is 0.103 e. The molecule has 0 amide bonds. The molecule has 0 saturated carbocycles. The predicted octanol–water partition coefficient (Wildman–Crippen LogP) is 2.14. The molecule has 0 bridgehead atoms. The van der Waals surface area contributed by atoms with Gasteiger partial charge in [-0.1, -0.05) is 0 Å². The molecule has 0 aliphatic heterocycles. The van der Waals surface area contributed by atoms with Crippen LogP contribution in [0, 0.1) is 25.2 Å². The largest absolute Gasteiger partial charge is 0.396 e. The van der Waals surface area contributed by atoms with Crippen molar-refractivity contribution in [2.45, 2.75) is 39.7 Å². The van der Waals surface area contributed by atoms with Crippen LogP contribution in [0.15, 0.2) is 6.07 Å². The summed E-state index contributed by atoms with van der Waals surface area (Å²) in [7, 11) is 0. The van der Waals surface area contributed by atoms with E-state index in [1.807, 2.05) is 33.8 Å². The number of pyridine rings is 1. The second kappa shape index (κ2) is 5.15. The van der Waals surface area contributed by atoms with Crippen molar-refractivity contribution in [1.29, 1.82) is 5.26 Å². The number of hydrogen-bond acceptors (Lipinski definition) is 4. The number of hydrogen-bond donors (Lipinski definition) is 2. The molecule has 0 atom stereocenters. The number of nitriles is 1. The number of aliphatic hydroxyl groups is 1. The number of rotatable bonds is 4. The first-order valence-electron chi connectivity index (χ1n) is 5.67. The lowest BCUT2D eigenvalue weighted by Gasteiger charge is -2.27. The Morgan fingerprint density at radius 3 is 2.65 bits per heavy atom. The van der Waals surface area contributed by atoms with Crippen LogP contribution >= 0.6 is 0 Å². The molecule has 4 nitrogen and oxygen atoms in total. The Morgan fingerprint density at radius 1 is 1.47 bits per heavy atom. The molecule has 92 valence electrons. The van der Waals surface area contributed by atoms with Gasteiger partial charge in [0, 0.05) is 17.8 Å². The van der Waals surface area contributed by atoms with E-state index < -0.39 is 0 Å². The molecule has 0 spiro atoms. The Hall–Kier alpha value is -1.60. The van der Waals surface area contributed by atoms with E-state index in [0.29, 0.717) is 12.0 Å². The van der Waals surface area contributed by atoms with Gasteiger partial charge in [0.15, 0.2) is 0 Å². The standard InChI is InChI=1S/C13H19N3O/c1-9-7-12(11(8-14)10(2)15-9)16-13(3,4)5-6-17/h7,17H,5-6H2,1-4H3,(H,15,16). The molecule has 0 unspecified atom stereocenters. The van der Waals surface area contributed by atoms with Crippen molar-refractivity contribution in [2.75, 3.05) is 11.9 Å². The Kier molecular flexibility index (Phi) is 4.08. The summed E-state index contributed by atoms with van der Waals surface area (Å²) < 4.78 is 0. The number of aryl methyl sites for hydroxylation is 2. The van der Waals surface area contributed by atoms with E-state index in [1.165, 1.54) is 0 Å². The molecular weight excluding hydrogens is 214 g/mol. The quantitative estimate of drug-likeness (QED) is 0.836. The maximum atomic E-state index is 9.14. The summed E-state index contributed by atoms with van der Waals surface area (Å²) in [5.74, 6) is 0. The third-order valence-electron chi connectivity index (χ3n) is 2.65. The molecule has 1 heterocycles. The molecule has 0 aliphatic rings. The summed E-state index contributed by atoms with van der Waals surface area (Å²) in [5, 5.41) is 21.4. The van der Waals surface area contributed by atoms with Gasteiger partial charge in [0.05, 0.1) is 16.9 Å². The van der Waals surface area contributed by atoms with Gasteiger partial charge in [0.1, 0.15) is 6.07 Å². The number of nitrogens with one attached hydrogen (secondary N) is 1. The number of aromatic nitrogens is 1. The zero-order valence-electron chi connectivity index (χ0n) is 10.8. The first-order valence-corrected chi connectivity index (χ1v) is 5.67. The summed E-state index contributed by atoms with van der Waals surface area (Å²) in [6.07, 6.45) is 0.623. The van der Waals surface area contributed by atoms with Crippen LogP contribution in [-0.2, 0) is 0 Å². The van der Waals surface area contributed by atoms with E-state index >= 15 is 0 Å². The SMILES string of the molecule is Cc1cc(NC(C)(C)CCO)c(C#N)c(C)n1. The van der Waals surface area contributed by atoms with Crippen molar-refractivity contribution in [3.05, 3.63) is 23.0 Å². The summed E-state index contributed by atoms with van der Waals surface area (Å²) >= 11 is 0. The van der Waals surface area contributed by atoms with E-state index in [2.05, 4.69) is 16.4 Å². The van der Waals surface area contributed by atoms with Crippen LogP contribution in [-0.4, -0.2) is 22.2 Å². The zero-order valence-corrected chi connectivity index (χ0v) is 10.8. The Balaban J connectivity index is 3.10. The molecule has 1 rings (SSSR count). The van der Waals surface area contributed by atoms with E-state index in [4.69, 9.17) is 10.4 Å². The molecular formula is C13H19N3O. The van der Waals surface area contributed by atoms with Crippen LogP contribution in [0.1, 0.15) is 37.2 Å². The third-order valence-corrected chi connectivity index (χ3v) is 2.65. The van der Waals surface area contributed by atoms with Crippen LogP contribution in [0.2, 0.25) is 0 Å². The number of nitrogens with zero attached hydrogens (tertiary/aromatic N) is 2. The van der Waals surface area contributed by atoms with Crippen molar-refractivity contribution >= 4 is 5.69 Å². The normalized spacial score (nSPS) is 11.1. The van der Waals surface area contributed by atoms with Gasteiger partial charge in [0.25, 0.3) is 0 Å². The highest BCUT2D eigenvalue weighted by atomic mass is 16.3. The average molecular weight is 233 g/mol. The van der Waals surface area contributed by atoms with Crippen LogP contribution in [0.25, 0.3) is 0 Å². The smallest absolute Gasteiger partial charge is 0.103 e.